The van der Waals surface area contributed by atoms with E-state index in [0.29, 0.717) is 5.92 Å². The van der Waals surface area contributed by atoms with E-state index in [0.717, 1.165) is 18.1 Å². The van der Waals surface area contributed by atoms with E-state index in [1.165, 1.54) is 34.5 Å². The molecule has 0 bridgehead atoms. The van der Waals surface area contributed by atoms with Gasteiger partial charge in [0.15, 0.2) is 0 Å². The lowest BCUT2D eigenvalue weighted by molar-refractivity contribution is 0.465. The highest BCUT2D eigenvalue weighted by molar-refractivity contribution is 7.15. The number of rotatable bonds is 3. The second-order valence-corrected chi connectivity index (χ2v) is 7.02. The fraction of sp³-hybridized carbons (Fsp3) is 0.250. The number of aromatic nitrogens is 1. The molecule has 0 saturated carbocycles. The lowest BCUT2D eigenvalue weighted by atomic mass is 9.94. The van der Waals surface area contributed by atoms with Crippen LogP contribution in [0.1, 0.15) is 23.6 Å². The number of nitrogens with zero attached hydrogens (tertiary/aromatic N) is 1. The Morgan fingerprint density at radius 2 is 1.43 bits per heavy atom. The van der Waals surface area contributed by atoms with Crippen LogP contribution in [-0.4, -0.2) is 18.1 Å². The topological polar surface area (TPSA) is 24.9 Å². The van der Waals surface area contributed by atoms with E-state index < -0.39 is 0 Å². The summed E-state index contributed by atoms with van der Waals surface area (Å²) in [5.41, 5.74) is 3.63. The van der Waals surface area contributed by atoms with Crippen LogP contribution in [0.15, 0.2) is 60.7 Å². The molecule has 3 heteroatoms. The maximum atomic E-state index is 5.02. The molecule has 2 nitrogen and oxygen atoms in total. The molecule has 1 aromatic heterocycles. The average Bonchev–Trinajstić information content (AvgIpc) is 3.09. The molecule has 0 radical (unpaired) electrons. The third-order valence-electron chi connectivity index (χ3n) is 4.43. The Labute approximate surface area is 141 Å². The van der Waals surface area contributed by atoms with Gasteiger partial charge >= 0.3 is 0 Å². The number of piperidine rings is 1. The minimum Gasteiger partial charge on any atom is -0.317 e. The van der Waals surface area contributed by atoms with Crippen LogP contribution in [0.3, 0.4) is 0 Å². The van der Waals surface area contributed by atoms with Crippen molar-refractivity contribution in [3.63, 3.8) is 0 Å². The highest BCUT2D eigenvalue weighted by Crippen LogP contribution is 2.41. The molecule has 1 fully saturated rings. The summed E-state index contributed by atoms with van der Waals surface area (Å²) >= 11 is 1.88. The minimum atomic E-state index is 0.626. The summed E-state index contributed by atoms with van der Waals surface area (Å²) in [4.78, 5) is 6.48. The van der Waals surface area contributed by atoms with Crippen LogP contribution in [-0.2, 0) is 0 Å². The van der Waals surface area contributed by atoms with Crippen LogP contribution in [0.2, 0.25) is 0 Å². The van der Waals surface area contributed by atoms with Gasteiger partial charge in [-0.2, -0.15) is 0 Å². The molecule has 116 valence electrons. The van der Waals surface area contributed by atoms with Crippen molar-refractivity contribution < 1.29 is 0 Å². The van der Waals surface area contributed by atoms with Crippen LogP contribution in [0.5, 0.6) is 0 Å². The fourth-order valence-electron chi connectivity index (χ4n) is 3.20. The van der Waals surface area contributed by atoms with Gasteiger partial charge in [-0.1, -0.05) is 60.7 Å². The SMILES string of the molecule is c1ccc(-c2nc(-c3ccccc3)c(C3CCNCC3)s2)cc1. The standard InChI is InChI=1S/C20H20N2S/c1-3-7-15(8-4-1)18-19(16-11-13-21-14-12-16)23-20(22-18)17-9-5-2-6-10-17/h1-10,16,21H,11-14H2. The molecule has 0 atom stereocenters. The lowest BCUT2D eigenvalue weighted by Crippen LogP contribution is -2.26. The van der Waals surface area contributed by atoms with Gasteiger partial charge in [0.25, 0.3) is 0 Å². The molecule has 0 spiro atoms. The van der Waals surface area contributed by atoms with Crippen LogP contribution < -0.4 is 5.32 Å². The van der Waals surface area contributed by atoms with Crippen molar-refractivity contribution in [3.05, 3.63) is 65.5 Å². The summed E-state index contributed by atoms with van der Waals surface area (Å²) in [5.74, 6) is 0.626. The summed E-state index contributed by atoms with van der Waals surface area (Å²) in [6.07, 6.45) is 2.41. The summed E-state index contributed by atoms with van der Waals surface area (Å²) in [6, 6.07) is 21.2. The molecular weight excluding hydrogens is 300 g/mol. The Kier molecular flexibility index (Phi) is 4.22. The van der Waals surface area contributed by atoms with Crippen molar-refractivity contribution in [2.45, 2.75) is 18.8 Å². The molecule has 4 rings (SSSR count). The molecule has 23 heavy (non-hydrogen) atoms. The van der Waals surface area contributed by atoms with E-state index in [2.05, 4.69) is 66.0 Å². The van der Waals surface area contributed by atoms with Gasteiger partial charge in [-0.3, -0.25) is 0 Å². The maximum absolute atomic E-state index is 5.02. The molecule has 2 heterocycles. The van der Waals surface area contributed by atoms with E-state index in [9.17, 15) is 0 Å². The van der Waals surface area contributed by atoms with Crippen molar-refractivity contribution in [2.75, 3.05) is 13.1 Å². The smallest absolute Gasteiger partial charge is 0.124 e. The second-order valence-electron chi connectivity index (χ2n) is 5.99. The first-order valence-corrected chi connectivity index (χ1v) is 9.06. The van der Waals surface area contributed by atoms with E-state index in [1.807, 2.05) is 11.3 Å². The van der Waals surface area contributed by atoms with E-state index in [4.69, 9.17) is 4.98 Å². The molecule has 1 aliphatic heterocycles. The van der Waals surface area contributed by atoms with Crippen molar-refractivity contribution in [2.24, 2.45) is 0 Å². The van der Waals surface area contributed by atoms with Crippen molar-refractivity contribution >= 4 is 11.3 Å². The summed E-state index contributed by atoms with van der Waals surface area (Å²) in [7, 11) is 0. The molecule has 1 aliphatic rings. The van der Waals surface area contributed by atoms with Gasteiger partial charge in [-0.15, -0.1) is 11.3 Å². The number of benzene rings is 2. The first kappa shape index (κ1) is 14.6. The number of thiazole rings is 1. The zero-order valence-electron chi connectivity index (χ0n) is 13.0. The van der Waals surface area contributed by atoms with Crippen LogP contribution >= 0.6 is 11.3 Å². The van der Waals surface area contributed by atoms with E-state index in [1.54, 1.807) is 0 Å². The van der Waals surface area contributed by atoms with Crippen molar-refractivity contribution in [1.29, 1.82) is 0 Å². The van der Waals surface area contributed by atoms with Gasteiger partial charge in [0, 0.05) is 16.0 Å². The molecule has 3 aromatic rings. The van der Waals surface area contributed by atoms with Crippen LogP contribution in [0.25, 0.3) is 21.8 Å². The second kappa shape index (κ2) is 6.65. The molecule has 0 unspecified atom stereocenters. The number of hydrogen-bond acceptors (Lipinski definition) is 3. The highest BCUT2D eigenvalue weighted by Gasteiger charge is 2.23. The van der Waals surface area contributed by atoms with Crippen LogP contribution in [0, 0.1) is 0 Å². The fourth-order valence-corrected chi connectivity index (χ4v) is 4.46. The molecule has 0 amide bonds. The van der Waals surface area contributed by atoms with Gasteiger partial charge in [0.05, 0.1) is 5.69 Å². The van der Waals surface area contributed by atoms with Gasteiger partial charge < -0.3 is 5.32 Å². The quantitative estimate of drug-likeness (QED) is 0.739. The van der Waals surface area contributed by atoms with Gasteiger partial charge in [0.1, 0.15) is 5.01 Å². The summed E-state index contributed by atoms with van der Waals surface area (Å²) < 4.78 is 0. The Bertz CT molecular complexity index is 759. The molecule has 1 saturated heterocycles. The number of hydrogen-bond donors (Lipinski definition) is 1. The molecule has 2 aromatic carbocycles. The average molecular weight is 320 g/mol. The largest absolute Gasteiger partial charge is 0.317 e. The monoisotopic (exact) mass is 320 g/mol. The predicted molar refractivity (Wildman–Crippen MR) is 97.8 cm³/mol. The summed E-state index contributed by atoms with van der Waals surface area (Å²) in [6.45, 7) is 2.22. The summed E-state index contributed by atoms with van der Waals surface area (Å²) in [5, 5.41) is 4.60. The Balaban J connectivity index is 1.80. The first-order chi connectivity index (χ1) is 11.4. The van der Waals surface area contributed by atoms with Gasteiger partial charge in [0.2, 0.25) is 0 Å². The third-order valence-corrected chi connectivity index (χ3v) is 5.70. The third kappa shape index (κ3) is 3.07. The number of nitrogens with one attached hydrogen (secondary N) is 1. The maximum Gasteiger partial charge on any atom is 0.124 e. The zero-order chi connectivity index (χ0) is 15.5. The van der Waals surface area contributed by atoms with E-state index >= 15 is 0 Å². The van der Waals surface area contributed by atoms with E-state index in [-0.39, 0.29) is 0 Å². The minimum absolute atomic E-state index is 0.626. The zero-order valence-corrected chi connectivity index (χ0v) is 13.9. The van der Waals surface area contributed by atoms with Crippen molar-refractivity contribution in [3.8, 4) is 21.8 Å². The van der Waals surface area contributed by atoms with Crippen molar-refractivity contribution in [1.82, 2.24) is 10.3 Å². The molecule has 0 aliphatic carbocycles. The van der Waals surface area contributed by atoms with Gasteiger partial charge in [-0.05, 0) is 31.8 Å². The normalized spacial score (nSPS) is 15.7. The molecular formula is C20H20N2S. The van der Waals surface area contributed by atoms with Crippen LogP contribution in [0.4, 0.5) is 0 Å². The Morgan fingerprint density at radius 3 is 2.09 bits per heavy atom. The molecule has 1 N–H and O–H groups in total. The highest BCUT2D eigenvalue weighted by atomic mass is 32.1. The first-order valence-electron chi connectivity index (χ1n) is 8.24. The Morgan fingerprint density at radius 1 is 0.826 bits per heavy atom. The lowest BCUT2D eigenvalue weighted by Gasteiger charge is -2.22. The Hall–Kier alpha value is -1.97. The predicted octanol–water partition coefficient (Wildman–Crippen LogP) is 4.94. The van der Waals surface area contributed by atoms with Gasteiger partial charge in [-0.25, -0.2) is 4.98 Å².